The predicted molar refractivity (Wildman–Crippen MR) is 81.1 cm³/mol. The number of hydrogen-bond donors (Lipinski definition) is 2. The van der Waals surface area contributed by atoms with Crippen molar-refractivity contribution < 1.29 is 9.53 Å². The summed E-state index contributed by atoms with van der Waals surface area (Å²) < 4.78 is 5.26. The van der Waals surface area contributed by atoms with Crippen LogP contribution < -0.4 is 10.1 Å². The van der Waals surface area contributed by atoms with Crippen LogP contribution in [-0.2, 0) is 11.2 Å². The Hall–Kier alpha value is -1.97. The first-order valence-electron chi connectivity index (χ1n) is 7.15. The monoisotopic (exact) mass is 274 g/mol. The molecule has 0 aliphatic heterocycles. The first-order chi connectivity index (χ1) is 9.74. The number of amides is 1. The number of aryl methyl sites for hydroxylation is 1. The molecule has 2 N–H and O–H groups in total. The van der Waals surface area contributed by atoms with E-state index in [0.717, 1.165) is 30.5 Å². The summed E-state index contributed by atoms with van der Waals surface area (Å²) >= 11 is 0. The molecule has 0 fully saturated rings. The number of unbranched alkanes of at least 4 members (excludes halogenated alkanes) is 1. The molecular formula is C16H22N2O2. The molecule has 0 spiro atoms. The van der Waals surface area contributed by atoms with Gasteiger partial charge in [0, 0.05) is 30.1 Å². The van der Waals surface area contributed by atoms with Gasteiger partial charge < -0.3 is 15.0 Å². The Morgan fingerprint density at radius 2 is 2.20 bits per heavy atom. The van der Waals surface area contributed by atoms with Gasteiger partial charge in [-0.2, -0.15) is 0 Å². The highest BCUT2D eigenvalue weighted by molar-refractivity contribution is 5.84. The van der Waals surface area contributed by atoms with E-state index in [1.165, 1.54) is 10.9 Å². The maximum absolute atomic E-state index is 11.4. The van der Waals surface area contributed by atoms with Crippen LogP contribution in [-0.4, -0.2) is 24.5 Å². The van der Waals surface area contributed by atoms with E-state index in [0.29, 0.717) is 13.0 Å². The second kappa shape index (κ2) is 6.98. The summed E-state index contributed by atoms with van der Waals surface area (Å²) in [6.07, 6.45) is 5.58. The van der Waals surface area contributed by atoms with E-state index in [9.17, 15) is 4.79 Å². The summed E-state index contributed by atoms with van der Waals surface area (Å²) in [4.78, 5) is 14.6. The van der Waals surface area contributed by atoms with Gasteiger partial charge in [-0.1, -0.05) is 0 Å². The fraction of sp³-hybridized carbons (Fsp3) is 0.438. The van der Waals surface area contributed by atoms with Crippen molar-refractivity contribution in [3.63, 3.8) is 0 Å². The summed E-state index contributed by atoms with van der Waals surface area (Å²) in [6.45, 7) is 2.65. The molecule has 1 aromatic carbocycles. The zero-order chi connectivity index (χ0) is 14.4. The normalized spacial score (nSPS) is 10.7. The Morgan fingerprint density at radius 1 is 1.35 bits per heavy atom. The predicted octanol–water partition coefficient (Wildman–Crippen LogP) is 3.03. The fourth-order valence-electron chi connectivity index (χ4n) is 2.38. The van der Waals surface area contributed by atoms with Gasteiger partial charge in [0.1, 0.15) is 5.75 Å². The van der Waals surface area contributed by atoms with Gasteiger partial charge in [-0.3, -0.25) is 4.79 Å². The van der Waals surface area contributed by atoms with Gasteiger partial charge >= 0.3 is 0 Å². The molecule has 108 valence electrons. The average molecular weight is 274 g/mol. The van der Waals surface area contributed by atoms with Gasteiger partial charge in [-0.05, 0) is 49.9 Å². The van der Waals surface area contributed by atoms with Crippen LogP contribution in [0.2, 0.25) is 0 Å². The van der Waals surface area contributed by atoms with Crippen molar-refractivity contribution in [2.75, 3.05) is 13.7 Å². The third-order valence-electron chi connectivity index (χ3n) is 3.45. The molecule has 2 rings (SSSR count). The number of carbonyl (C=O) groups is 1. The minimum atomic E-state index is 0.146. The molecule has 1 aromatic heterocycles. The first-order valence-corrected chi connectivity index (χ1v) is 7.15. The Labute approximate surface area is 119 Å². The number of hydrogen-bond acceptors (Lipinski definition) is 2. The van der Waals surface area contributed by atoms with E-state index < -0.39 is 0 Å². The SMILES string of the molecule is CCNC(=O)CCCCc1c[nH]c2ccc(OC)cc12. The molecule has 1 amide bonds. The molecule has 0 aliphatic carbocycles. The van der Waals surface area contributed by atoms with E-state index in [1.54, 1.807) is 7.11 Å². The molecular weight excluding hydrogens is 252 g/mol. The number of fused-ring (bicyclic) bond motifs is 1. The topological polar surface area (TPSA) is 54.1 Å². The lowest BCUT2D eigenvalue weighted by atomic mass is 10.1. The second-order valence-corrected chi connectivity index (χ2v) is 4.89. The number of methoxy groups -OCH3 is 1. The molecule has 2 aromatic rings. The Bertz CT molecular complexity index is 575. The van der Waals surface area contributed by atoms with Crippen LogP contribution in [0.3, 0.4) is 0 Å². The number of benzene rings is 1. The molecule has 0 saturated heterocycles. The molecule has 4 heteroatoms. The fourth-order valence-corrected chi connectivity index (χ4v) is 2.38. The maximum atomic E-state index is 11.4. The van der Waals surface area contributed by atoms with Crippen LogP contribution in [0.25, 0.3) is 10.9 Å². The number of aromatic nitrogens is 1. The number of aromatic amines is 1. The molecule has 0 radical (unpaired) electrons. The van der Waals surface area contributed by atoms with Crippen molar-refractivity contribution >= 4 is 16.8 Å². The smallest absolute Gasteiger partial charge is 0.219 e. The van der Waals surface area contributed by atoms with Crippen LogP contribution >= 0.6 is 0 Å². The van der Waals surface area contributed by atoms with Crippen molar-refractivity contribution in [2.24, 2.45) is 0 Å². The van der Waals surface area contributed by atoms with Crippen LogP contribution in [0.4, 0.5) is 0 Å². The second-order valence-electron chi connectivity index (χ2n) is 4.89. The van der Waals surface area contributed by atoms with E-state index in [2.05, 4.69) is 22.6 Å². The van der Waals surface area contributed by atoms with E-state index in [4.69, 9.17) is 4.74 Å². The van der Waals surface area contributed by atoms with Crippen LogP contribution in [0, 0.1) is 0 Å². The van der Waals surface area contributed by atoms with Crippen LogP contribution in [0.5, 0.6) is 5.75 Å². The Kier molecular flexibility index (Phi) is 5.04. The molecule has 4 nitrogen and oxygen atoms in total. The first kappa shape index (κ1) is 14.4. The highest BCUT2D eigenvalue weighted by Gasteiger charge is 2.06. The largest absolute Gasteiger partial charge is 0.497 e. The summed E-state index contributed by atoms with van der Waals surface area (Å²) in [5, 5.41) is 4.03. The Morgan fingerprint density at radius 3 is 2.95 bits per heavy atom. The van der Waals surface area contributed by atoms with E-state index in [-0.39, 0.29) is 5.91 Å². The van der Waals surface area contributed by atoms with E-state index in [1.807, 2.05) is 19.1 Å². The highest BCUT2D eigenvalue weighted by atomic mass is 16.5. The summed E-state index contributed by atoms with van der Waals surface area (Å²) in [6, 6.07) is 6.05. The Balaban J connectivity index is 1.91. The quantitative estimate of drug-likeness (QED) is 0.762. The molecule has 0 unspecified atom stereocenters. The molecule has 0 saturated carbocycles. The zero-order valence-electron chi connectivity index (χ0n) is 12.2. The van der Waals surface area contributed by atoms with Crippen LogP contribution in [0.15, 0.2) is 24.4 Å². The number of H-pyrrole nitrogens is 1. The van der Waals surface area contributed by atoms with Crippen molar-refractivity contribution in [1.29, 1.82) is 0 Å². The highest BCUT2D eigenvalue weighted by Crippen LogP contribution is 2.24. The zero-order valence-corrected chi connectivity index (χ0v) is 12.2. The lowest BCUT2D eigenvalue weighted by Crippen LogP contribution is -2.22. The third kappa shape index (κ3) is 3.53. The molecule has 20 heavy (non-hydrogen) atoms. The maximum Gasteiger partial charge on any atom is 0.219 e. The lowest BCUT2D eigenvalue weighted by molar-refractivity contribution is -0.121. The van der Waals surface area contributed by atoms with Crippen molar-refractivity contribution in [3.8, 4) is 5.75 Å². The van der Waals surface area contributed by atoms with Crippen molar-refractivity contribution in [3.05, 3.63) is 30.0 Å². The summed E-state index contributed by atoms with van der Waals surface area (Å²) in [7, 11) is 1.68. The molecule has 0 atom stereocenters. The lowest BCUT2D eigenvalue weighted by Gasteiger charge is -2.03. The minimum absolute atomic E-state index is 0.146. The van der Waals surface area contributed by atoms with Gasteiger partial charge in [0.15, 0.2) is 0 Å². The number of rotatable bonds is 7. The summed E-state index contributed by atoms with van der Waals surface area (Å²) in [5.74, 6) is 1.02. The third-order valence-corrected chi connectivity index (χ3v) is 3.45. The van der Waals surface area contributed by atoms with Gasteiger partial charge in [-0.25, -0.2) is 0 Å². The van der Waals surface area contributed by atoms with Gasteiger partial charge in [0.2, 0.25) is 5.91 Å². The van der Waals surface area contributed by atoms with Crippen molar-refractivity contribution in [2.45, 2.75) is 32.6 Å². The number of carbonyl (C=O) groups excluding carboxylic acids is 1. The molecule has 0 aliphatic rings. The van der Waals surface area contributed by atoms with Crippen molar-refractivity contribution in [1.82, 2.24) is 10.3 Å². The molecule has 0 bridgehead atoms. The van der Waals surface area contributed by atoms with E-state index >= 15 is 0 Å². The average Bonchev–Trinajstić information content (AvgIpc) is 2.86. The number of nitrogens with one attached hydrogen (secondary N) is 2. The minimum Gasteiger partial charge on any atom is -0.497 e. The van der Waals surface area contributed by atoms with Gasteiger partial charge in [0.25, 0.3) is 0 Å². The van der Waals surface area contributed by atoms with Crippen LogP contribution in [0.1, 0.15) is 31.7 Å². The standard InChI is InChI=1S/C16H22N2O2/c1-3-17-16(19)7-5-4-6-12-11-18-15-9-8-13(20-2)10-14(12)15/h8-11,18H,3-7H2,1-2H3,(H,17,19). The van der Waals surface area contributed by atoms with Gasteiger partial charge in [0.05, 0.1) is 7.11 Å². The summed E-state index contributed by atoms with van der Waals surface area (Å²) in [5.41, 5.74) is 2.42. The number of ether oxygens (including phenoxy) is 1. The molecule has 1 heterocycles. The van der Waals surface area contributed by atoms with Gasteiger partial charge in [-0.15, -0.1) is 0 Å².